The van der Waals surface area contributed by atoms with Crippen molar-refractivity contribution >= 4 is 30.1 Å². The number of carbonyl (C=O) groups is 1. The van der Waals surface area contributed by atoms with E-state index in [1.807, 2.05) is 35.2 Å². The first kappa shape index (κ1) is 21.2. The van der Waals surface area contributed by atoms with Crippen molar-refractivity contribution in [3.05, 3.63) is 66.0 Å². The summed E-state index contributed by atoms with van der Waals surface area (Å²) in [4.78, 5) is 16.4. The summed E-state index contributed by atoms with van der Waals surface area (Å²) in [5, 5.41) is 3.19. The molecule has 0 bridgehead atoms. The second-order valence-electron chi connectivity index (χ2n) is 7.44. The molecule has 2 saturated heterocycles. The molecule has 4 rings (SSSR count). The van der Waals surface area contributed by atoms with E-state index < -0.39 is 0 Å². The summed E-state index contributed by atoms with van der Waals surface area (Å²) < 4.78 is 13.3. The van der Waals surface area contributed by atoms with Gasteiger partial charge in [-0.2, -0.15) is 0 Å². The second-order valence-corrected chi connectivity index (χ2v) is 8.62. The fraction of sp³-hybridized carbons (Fsp3) is 0.409. The number of carbonyl (C=O) groups excluding carboxylic acids is 1. The third-order valence-corrected chi connectivity index (χ3v) is 6.98. The van der Waals surface area contributed by atoms with Gasteiger partial charge in [0.25, 0.3) is 0 Å². The molecule has 1 unspecified atom stereocenters. The SMILES string of the molecule is Cl.O=C(C(Sc1ccc(F)cc1)c1ccccc1)N1CC[C@@H]2CNC[C@@H]2CC1. The molecule has 2 fully saturated rings. The first-order valence-electron chi connectivity index (χ1n) is 9.67. The minimum absolute atomic E-state index is 0. The van der Waals surface area contributed by atoms with Crippen LogP contribution in [0.4, 0.5) is 4.39 Å². The van der Waals surface area contributed by atoms with Crippen molar-refractivity contribution < 1.29 is 9.18 Å². The van der Waals surface area contributed by atoms with Crippen LogP contribution in [0.5, 0.6) is 0 Å². The van der Waals surface area contributed by atoms with E-state index in [4.69, 9.17) is 0 Å². The van der Waals surface area contributed by atoms with Crippen LogP contribution in [0.1, 0.15) is 23.7 Å². The number of nitrogens with one attached hydrogen (secondary N) is 1. The lowest BCUT2D eigenvalue weighted by Crippen LogP contribution is -2.35. The Bertz CT molecular complexity index is 760. The molecule has 1 N–H and O–H groups in total. The molecule has 2 aliphatic rings. The van der Waals surface area contributed by atoms with Crippen molar-refractivity contribution in [2.75, 3.05) is 26.2 Å². The predicted octanol–water partition coefficient (Wildman–Crippen LogP) is 4.54. The van der Waals surface area contributed by atoms with E-state index in [9.17, 15) is 9.18 Å². The van der Waals surface area contributed by atoms with Gasteiger partial charge < -0.3 is 10.2 Å². The minimum Gasteiger partial charge on any atom is -0.341 e. The molecule has 2 aromatic carbocycles. The summed E-state index contributed by atoms with van der Waals surface area (Å²) >= 11 is 1.51. The Labute approximate surface area is 176 Å². The fourth-order valence-electron chi connectivity index (χ4n) is 4.14. The molecule has 0 aliphatic carbocycles. The van der Waals surface area contributed by atoms with Gasteiger partial charge in [-0.25, -0.2) is 4.39 Å². The first-order chi connectivity index (χ1) is 13.2. The fourth-order valence-corrected chi connectivity index (χ4v) is 5.25. The third kappa shape index (κ3) is 4.88. The largest absolute Gasteiger partial charge is 0.341 e. The number of rotatable bonds is 4. The second kappa shape index (κ2) is 9.77. The summed E-state index contributed by atoms with van der Waals surface area (Å²) in [6, 6.07) is 16.3. The molecule has 0 aromatic heterocycles. The van der Waals surface area contributed by atoms with Crippen molar-refractivity contribution in [1.29, 1.82) is 0 Å². The van der Waals surface area contributed by atoms with E-state index in [-0.39, 0.29) is 29.4 Å². The molecule has 2 aromatic rings. The molecule has 2 aliphatic heterocycles. The van der Waals surface area contributed by atoms with Gasteiger partial charge in [-0.3, -0.25) is 4.79 Å². The molecule has 3 nitrogen and oxygen atoms in total. The summed E-state index contributed by atoms with van der Waals surface area (Å²) in [5.74, 6) is 1.31. The van der Waals surface area contributed by atoms with Crippen molar-refractivity contribution in [2.45, 2.75) is 23.0 Å². The van der Waals surface area contributed by atoms with E-state index >= 15 is 0 Å². The van der Waals surface area contributed by atoms with Crippen LogP contribution >= 0.6 is 24.2 Å². The number of likely N-dealkylation sites (tertiary alicyclic amines) is 1. The van der Waals surface area contributed by atoms with Gasteiger partial charge >= 0.3 is 0 Å². The molecule has 0 saturated carbocycles. The van der Waals surface area contributed by atoms with Gasteiger partial charge in [0.15, 0.2) is 0 Å². The van der Waals surface area contributed by atoms with E-state index in [0.29, 0.717) is 11.8 Å². The van der Waals surface area contributed by atoms with Crippen LogP contribution in [0.3, 0.4) is 0 Å². The van der Waals surface area contributed by atoms with Gasteiger partial charge in [-0.1, -0.05) is 30.3 Å². The van der Waals surface area contributed by atoms with Crippen LogP contribution in [0.2, 0.25) is 0 Å². The lowest BCUT2D eigenvalue weighted by molar-refractivity contribution is -0.130. The van der Waals surface area contributed by atoms with E-state index in [0.717, 1.165) is 49.5 Å². The maximum Gasteiger partial charge on any atom is 0.240 e. The number of benzene rings is 2. The van der Waals surface area contributed by atoms with Gasteiger partial charge in [0, 0.05) is 18.0 Å². The lowest BCUT2D eigenvalue weighted by Gasteiger charge is -2.26. The number of hydrogen-bond acceptors (Lipinski definition) is 3. The Morgan fingerprint density at radius 1 is 1.00 bits per heavy atom. The molecular weight excluding hydrogens is 395 g/mol. The molecule has 3 atom stereocenters. The Morgan fingerprint density at radius 3 is 2.21 bits per heavy atom. The Morgan fingerprint density at radius 2 is 1.61 bits per heavy atom. The van der Waals surface area contributed by atoms with Crippen molar-refractivity contribution in [1.82, 2.24) is 10.2 Å². The van der Waals surface area contributed by atoms with Gasteiger partial charge in [0.05, 0.1) is 0 Å². The summed E-state index contributed by atoms with van der Waals surface area (Å²) in [6.07, 6.45) is 2.15. The Kier molecular flexibility index (Phi) is 7.38. The molecule has 150 valence electrons. The summed E-state index contributed by atoms with van der Waals surface area (Å²) in [6.45, 7) is 3.82. The van der Waals surface area contributed by atoms with E-state index in [2.05, 4.69) is 5.32 Å². The molecule has 0 radical (unpaired) electrons. The van der Waals surface area contributed by atoms with Crippen LogP contribution in [0.25, 0.3) is 0 Å². The predicted molar refractivity (Wildman–Crippen MR) is 114 cm³/mol. The average Bonchev–Trinajstić information content (AvgIpc) is 3.06. The van der Waals surface area contributed by atoms with Crippen molar-refractivity contribution in [3.8, 4) is 0 Å². The molecule has 0 spiro atoms. The van der Waals surface area contributed by atoms with Crippen LogP contribution in [0, 0.1) is 17.7 Å². The highest BCUT2D eigenvalue weighted by Crippen LogP contribution is 2.38. The molecular formula is C22H26ClFN2OS. The van der Waals surface area contributed by atoms with Crippen LogP contribution in [0.15, 0.2) is 59.5 Å². The average molecular weight is 421 g/mol. The highest BCUT2D eigenvalue weighted by Gasteiger charge is 2.34. The standard InChI is InChI=1S/C22H25FN2OS.ClH/c23-19-6-8-20(9-7-19)27-21(16-4-2-1-3-5-16)22(26)25-12-10-17-14-24-15-18(17)11-13-25;/h1-9,17-18,21,24H,10-15H2;1H/t17-,18+,21?;. The summed E-state index contributed by atoms with van der Waals surface area (Å²) in [7, 11) is 0. The topological polar surface area (TPSA) is 32.3 Å². The Balaban J connectivity index is 0.00000225. The van der Waals surface area contributed by atoms with Crippen LogP contribution in [-0.2, 0) is 4.79 Å². The van der Waals surface area contributed by atoms with Crippen molar-refractivity contribution in [2.24, 2.45) is 11.8 Å². The maximum absolute atomic E-state index is 13.5. The quantitative estimate of drug-likeness (QED) is 0.737. The van der Waals surface area contributed by atoms with Gasteiger partial charge in [-0.15, -0.1) is 24.2 Å². The maximum atomic E-state index is 13.5. The smallest absolute Gasteiger partial charge is 0.240 e. The van der Waals surface area contributed by atoms with Gasteiger partial charge in [0.2, 0.25) is 5.91 Å². The molecule has 6 heteroatoms. The number of halogens is 2. The van der Waals surface area contributed by atoms with Crippen LogP contribution in [-0.4, -0.2) is 37.0 Å². The normalized spacial score (nSPS) is 22.7. The van der Waals surface area contributed by atoms with Crippen LogP contribution < -0.4 is 5.32 Å². The third-order valence-electron chi connectivity index (χ3n) is 5.73. The number of thioether (sulfide) groups is 1. The number of hydrogen-bond donors (Lipinski definition) is 1. The Hall–Kier alpha value is -1.56. The highest BCUT2D eigenvalue weighted by atomic mass is 35.5. The minimum atomic E-state index is -0.298. The van der Waals surface area contributed by atoms with Crippen molar-refractivity contribution in [3.63, 3.8) is 0 Å². The zero-order valence-corrected chi connectivity index (χ0v) is 17.4. The number of amides is 1. The zero-order valence-electron chi connectivity index (χ0n) is 15.7. The lowest BCUT2D eigenvalue weighted by atomic mass is 9.92. The molecule has 28 heavy (non-hydrogen) atoms. The number of fused-ring (bicyclic) bond motifs is 1. The van der Waals surface area contributed by atoms with E-state index in [1.165, 1.54) is 23.9 Å². The first-order valence-corrected chi connectivity index (χ1v) is 10.6. The monoisotopic (exact) mass is 420 g/mol. The molecule has 2 heterocycles. The highest BCUT2D eigenvalue weighted by molar-refractivity contribution is 8.00. The van der Waals surface area contributed by atoms with Gasteiger partial charge in [-0.05, 0) is 67.6 Å². The zero-order chi connectivity index (χ0) is 18.6. The van der Waals surface area contributed by atoms with E-state index in [1.54, 1.807) is 12.1 Å². The summed E-state index contributed by atoms with van der Waals surface area (Å²) in [5.41, 5.74) is 1.00. The number of nitrogens with zero attached hydrogens (tertiary/aromatic N) is 1. The molecule has 1 amide bonds. The van der Waals surface area contributed by atoms with Gasteiger partial charge in [0.1, 0.15) is 11.1 Å².